The monoisotopic (exact) mass is 336 g/mol. The lowest BCUT2D eigenvalue weighted by molar-refractivity contribution is 0.139. The van der Waals surface area contributed by atoms with Crippen LogP contribution in [0.5, 0.6) is 5.75 Å². The van der Waals surface area contributed by atoms with Crippen LogP contribution in [0.15, 0.2) is 36.4 Å². The van der Waals surface area contributed by atoms with Crippen LogP contribution >= 0.6 is 0 Å². The highest BCUT2D eigenvalue weighted by Gasteiger charge is 2.40. The van der Waals surface area contributed by atoms with Crippen LogP contribution in [0.3, 0.4) is 0 Å². The standard InChI is InChI=1S/C22H28N2O/c1-14-11-16-12-18(23-4)21-17(13-22(2,3)25-21)19(16)20(24(14)5)15-9-7-6-8-10-15/h6-10,12,14,20,23H,11,13H2,1-5H3. The molecule has 2 heterocycles. The zero-order chi connectivity index (χ0) is 17.8. The second-order valence-corrected chi connectivity index (χ2v) is 8.12. The summed E-state index contributed by atoms with van der Waals surface area (Å²) in [4.78, 5) is 2.52. The van der Waals surface area contributed by atoms with Crippen molar-refractivity contribution in [2.45, 2.75) is 51.3 Å². The van der Waals surface area contributed by atoms with Crippen molar-refractivity contribution in [1.29, 1.82) is 0 Å². The molecule has 0 spiro atoms. The Bertz CT molecular complexity index is 797. The second kappa shape index (κ2) is 5.77. The van der Waals surface area contributed by atoms with Crippen molar-refractivity contribution >= 4 is 5.69 Å². The summed E-state index contributed by atoms with van der Waals surface area (Å²) in [6, 6.07) is 14.0. The number of nitrogens with one attached hydrogen (secondary N) is 1. The Kier molecular flexibility index (Phi) is 3.80. The van der Waals surface area contributed by atoms with E-state index < -0.39 is 0 Å². The van der Waals surface area contributed by atoms with Gasteiger partial charge >= 0.3 is 0 Å². The summed E-state index contributed by atoms with van der Waals surface area (Å²) in [7, 11) is 4.24. The molecule has 2 unspecified atom stereocenters. The molecule has 0 saturated carbocycles. The lowest BCUT2D eigenvalue weighted by atomic mass is 9.80. The molecule has 4 rings (SSSR count). The summed E-state index contributed by atoms with van der Waals surface area (Å²) < 4.78 is 6.35. The van der Waals surface area contributed by atoms with Crippen LogP contribution < -0.4 is 10.1 Å². The van der Waals surface area contributed by atoms with Crippen molar-refractivity contribution in [1.82, 2.24) is 4.90 Å². The van der Waals surface area contributed by atoms with Crippen LogP contribution in [0.4, 0.5) is 5.69 Å². The molecule has 2 aromatic carbocycles. The van der Waals surface area contributed by atoms with Crippen LogP contribution in [0.1, 0.15) is 49.1 Å². The first-order valence-electron chi connectivity index (χ1n) is 9.23. The van der Waals surface area contributed by atoms with E-state index in [0.29, 0.717) is 6.04 Å². The van der Waals surface area contributed by atoms with Crippen LogP contribution in [0.2, 0.25) is 0 Å². The summed E-state index contributed by atoms with van der Waals surface area (Å²) in [6.45, 7) is 6.70. The maximum absolute atomic E-state index is 6.35. The maximum Gasteiger partial charge on any atom is 0.146 e. The van der Waals surface area contributed by atoms with E-state index in [9.17, 15) is 0 Å². The zero-order valence-corrected chi connectivity index (χ0v) is 15.9. The van der Waals surface area contributed by atoms with E-state index in [1.165, 1.54) is 22.3 Å². The number of rotatable bonds is 2. The third-order valence-corrected chi connectivity index (χ3v) is 5.77. The average Bonchev–Trinajstić information content (AvgIpc) is 2.91. The molecule has 3 heteroatoms. The van der Waals surface area contributed by atoms with Gasteiger partial charge in [0.05, 0.1) is 11.7 Å². The van der Waals surface area contributed by atoms with Crippen molar-refractivity contribution in [3.05, 3.63) is 58.7 Å². The molecule has 0 bridgehead atoms. The van der Waals surface area contributed by atoms with E-state index in [4.69, 9.17) is 4.74 Å². The zero-order valence-electron chi connectivity index (χ0n) is 15.9. The molecule has 0 aliphatic carbocycles. The summed E-state index contributed by atoms with van der Waals surface area (Å²) in [6.07, 6.45) is 2.04. The highest BCUT2D eigenvalue weighted by Crippen LogP contribution is 2.49. The summed E-state index contributed by atoms with van der Waals surface area (Å²) in [5.74, 6) is 1.05. The van der Waals surface area contributed by atoms with Crippen molar-refractivity contribution in [3.8, 4) is 5.75 Å². The molecule has 132 valence electrons. The van der Waals surface area contributed by atoms with Gasteiger partial charge in [0.1, 0.15) is 11.4 Å². The molecular formula is C22H28N2O. The van der Waals surface area contributed by atoms with E-state index in [1.54, 1.807) is 0 Å². The minimum absolute atomic E-state index is 0.147. The number of hydrogen-bond acceptors (Lipinski definition) is 3. The van der Waals surface area contributed by atoms with Gasteiger partial charge in [-0.3, -0.25) is 4.90 Å². The molecule has 0 amide bonds. The molecule has 2 atom stereocenters. The van der Waals surface area contributed by atoms with Gasteiger partial charge in [-0.05, 0) is 57.0 Å². The quantitative estimate of drug-likeness (QED) is 0.879. The lowest BCUT2D eigenvalue weighted by Gasteiger charge is -2.41. The first-order valence-corrected chi connectivity index (χ1v) is 9.23. The van der Waals surface area contributed by atoms with E-state index >= 15 is 0 Å². The SMILES string of the molecule is CNc1cc2c(c3c1OC(C)(C)C3)C(c1ccccc1)N(C)C(C)C2. The average molecular weight is 336 g/mol. The van der Waals surface area contributed by atoms with Crippen LogP contribution in [-0.2, 0) is 12.8 Å². The van der Waals surface area contributed by atoms with E-state index in [0.717, 1.165) is 24.3 Å². The largest absolute Gasteiger partial charge is 0.485 e. The number of anilines is 1. The first-order chi connectivity index (χ1) is 11.9. The van der Waals surface area contributed by atoms with Crippen molar-refractivity contribution < 1.29 is 4.74 Å². The summed E-state index contributed by atoms with van der Waals surface area (Å²) >= 11 is 0. The number of benzene rings is 2. The summed E-state index contributed by atoms with van der Waals surface area (Å²) in [5, 5.41) is 3.36. The predicted molar refractivity (Wildman–Crippen MR) is 104 cm³/mol. The van der Waals surface area contributed by atoms with E-state index in [1.807, 2.05) is 7.05 Å². The Morgan fingerprint density at radius 2 is 1.92 bits per heavy atom. The molecule has 3 nitrogen and oxygen atoms in total. The van der Waals surface area contributed by atoms with Gasteiger partial charge < -0.3 is 10.1 Å². The van der Waals surface area contributed by atoms with Gasteiger partial charge in [0.25, 0.3) is 0 Å². The predicted octanol–water partition coefficient (Wildman–Crippen LogP) is 4.41. The van der Waals surface area contributed by atoms with Gasteiger partial charge in [-0.2, -0.15) is 0 Å². The third kappa shape index (κ3) is 2.62. The van der Waals surface area contributed by atoms with Crippen molar-refractivity contribution in [2.24, 2.45) is 0 Å². The normalized spacial score (nSPS) is 24.4. The minimum Gasteiger partial charge on any atom is -0.485 e. The van der Waals surface area contributed by atoms with Crippen LogP contribution in [0.25, 0.3) is 0 Å². The van der Waals surface area contributed by atoms with Gasteiger partial charge in [-0.25, -0.2) is 0 Å². The molecule has 0 radical (unpaired) electrons. The van der Waals surface area contributed by atoms with Crippen LogP contribution in [-0.4, -0.2) is 30.6 Å². The maximum atomic E-state index is 6.35. The smallest absolute Gasteiger partial charge is 0.146 e. The molecule has 2 aromatic rings. The fourth-order valence-electron chi connectivity index (χ4n) is 4.48. The van der Waals surface area contributed by atoms with Gasteiger partial charge in [0.15, 0.2) is 0 Å². The Balaban J connectivity index is 1.96. The summed E-state index contributed by atoms with van der Waals surface area (Å²) in [5.41, 5.74) is 6.66. The van der Waals surface area contributed by atoms with Crippen molar-refractivity contribution in [2.75, 3.05) is 19.4 Å². The Morgan fingerprint density at radius 1 is 1.20 bits per heavy atom. The lowest BCUT2D eigenvalue weighted by Crippen LogP contribution is -2.40. The van der Waals surface area contributed by atoms with Crippen LogP contribution in [0, 0.1) is 0 Å². The number of ether oxygens (including phenoxy) is 1. The number of likely N-dealkylation sites (N-methyl/N-ethyl adjacent to an activating group) is 1. The second-order valence-electron chi connectivity index (χ2n) is 8.12. The van der Waals surface area contributed by atoms with E-state index in [-0.39, 0.29) is 11.6 Å². The highest BCUT2D eigenvalue weighted by molar-refractivity contribution is 5.68. The third-order valence-electron chi connectivity index (χ3n) is 5.77. The minimum atomic E-state index is -0.147. The first kappa shape index (κ1) is 16.5. The highest BCUT2D eigenvalue weighted by atomic mass is 16.5. The number of hydrogen-bond donors (Lipinski definition) is 1. The molecule has 0 fully saturated rings. The molecule has 0 aromatic heterocycles. The Morgan fingerprint density at radius 3 is 2.60 bits per heavy atom. The Labute approximate surface area is 151 Å². The molecule has 1 N–H and O–H groups in total. The molecular weight excluding hydrogens is 308 g/mol. The molecule has 2 aliphatic heterocycles. The molecule has 25 heavy (non-hydrogen) atoms. The topological polar surface area (TPSA) is 24.5 Å². The van der Waals surface area contributed by atoms with Gasteiger partial charge in [0.2, 0.25) is 0 Å². The Hall–Kier alpha value is -2.00. The van der Waals surface area contributed by atoms with Gasteiger partial charge in [0, 0.05) is 25.1 Å². The van der Waals surface area contributed by atoms with E-state index in [2.05, 4.69) is 74.4 Å². The molecule has 2 aliphatic rings. The molecule has 0 saturated heterocycles. The number of fused-ring (bicyclic) bond motifs is 3. The van der Waals surface area contributed by atoms with Gasteiger partial charge in [-0.15, -0.1) is 0 Å². The fraction of sp³-hybridized carbons (Fsp3) is 0.455. The van der Waals surface area contributed by atoms with Crippen molar-refractivity contribution in [3.63, 3.8) is 0 Å². The fourth-order valence-corrected chi connectivity index (χ4v) is 4.48. The number of nitrogens with zero attached hydrogens (tertiary/aromatic N) is 1. The van der Waals surface area contributed by atoms with Gasteiger partial charge in [-0.1, -0.05) is 30.3 Å².